The zero-order valence-electron chi connectivity index (χ0n) is 13.6. The lowest BCUT2D eigenvalue weighted by Crippen LogP contribution is -2.45. The van der Waals surface area contributed by atoms with E-state index in [-0.39, 0.29) is 18.2 Å². The average Bonchev–Trinajstić information content (AvgIpc) is 2.53. The molecule has 0 unspecified atom stereocenters. The number of ether oxygens (including phenoxy) is 1. The Bertz CT molecular complexity index is 425. The summed E-state index contributed by atoms with van der Waals surface area (Å²) in [6, 6.07) is 7.52. The van der Waals surface area contributed by atoms with Gasteiger partial charge in [0.1, 0.15) is 5.75 Å². The van der Waals surface area contributed by atoms with E-state index in [9.17, 15) is 8.78 Å². The number of rotatable bonds is 8. The van der Waals surface area contributed by atoms with Gasteiger partial charge in [-0.1, -0.05) is 38.3 Å². The van der Waals surface area contributed by atoms with Crippen LogP contribution in [0.15, 0.2) is 24.3 Å². The van der Waals surface area contributed by atoms with E-state index >= 15 is 0 Å². The molecule has 0 amide bonds. The van der Waals surface area contributed by atoms with Gasteiger partial charge in [0.2, 0.25) is 0 Å². The molecule has 0 aliphatic carbocycles. The standard InChI is InChI=1S/C17H26F2N2O.ClH/c1-2-3-4-5-16(21-12-10-20-11-13-21)14-6-8-15(9-7-14)22-17(18)19;/h6-9,16-17,20H,2-5,10-13H2,1H3;1H/t16-;/m1./s1. The summed E-state index contributed by atoms with van der Waals surface area (Å²) in [5, 5.41) is 3.37. The molecule has 0 aromatic heterocycles. The van der Waals surface area contributed by atoms with Gasteiger partial charge in [-0.2, -0.15) is 8.78 Å². The van der Waals surface area contributed by atoms with Gasteiger partial charge in [-0.15, -0.1) is 12.4 Å². The molecule has 1 aliphatic heterocycles. The Hall–Kier alpha value is -0.910. The third kappa shape index (κ3) is 6.61. The first-order chi connectivity index (χ1) is 10.7. The van der Waals surface area contributed by atoms with Crippen LogP contribution in [0.5, 0.6) is 5.75 Å². The molecule has 1 aliphatic rings. The Morgan fingerprint density at radius 1 is 1.13 bits per heavy atom. The minimum absolute atomic E-state index is 0. The van der Waals surface area contributed by atoms with Crippen LogP contribution in [-0.2, 0) is 0 Å². The number of halogens is 3. The average molecular weight is 349 g/mol. The molecule has 1 fully saturated rings. The molecule has 2 rings (SSSR count). The van der Waals surface area contributed by atoms with Crippen molar-refractivity contribution in [3.63, 3.8) is 0 Å². The van der Waals surface area contributed by atoms with Gasteiger partial charge >= 0.3 is 6.61 Å². The Morgan fingerprint density at radius 3 is 2.35 bits per heavy atom. The lowest BCUT2D eigenvalue weighted by Gasteiger charge is -2.35. The predicted molar refractivity (Wildman–Crippen MR) is 91.6 cm³/mol. The SMILES string of the molecule is CCCCC[C@H](c1ccc(OC(F)F)cc1)N1CCNCC1.Cl. The Balaban J connectivity index is 0.00000264. The predicted octanol–water partition coefficient (Wildman–Crippen LogP) is 4.24. The molecule has 6 heteroatoms. The van der Waals surface area contributed by atoms with Gasteiger partial charge < -0.3 is 10.1 Å². The number of alkyl halides is 2. The van der Waals surface area contributed by atoms with Crippen molar-refractivity contribution in [2.24, 2.45) is 0 Å². The molecule has 1 heterocycles. The third-order valence-corrected chi connectivity index (χ3v) is 4.16. The van der Waals surface area contributed by atoms with E-state index in [2.05, 4.69) is 21.9 Å². The highest BCUT2D eigenvalue weighted by molar-refractivity contribution is 5.85. The summed E-state index contributed by atoms with van der Waals surface area (Å²) >= 11 is 0. The first-order valence-corrected chi connectivity index (χ1v) is 8.20. The van der Waals surface area contributed by atoms with Crippen molar-refractivity contribution in [3.8, 4) is 5.75 Å². The van der Waals surface area contributed by atoms with Gasteiger partial charge in [-0.05, 0) is 24.1 Å². The van der Waals surface area contributed by atoms with E-state index in [1.54, 1.807) is 12.1 Å². The fourth-order valence-electron chi connectivity index (χ4n) is 3.01. The summed E-state index contributed by atoms with van der Waals surface area (Å²) < 4.78 is 28.9. The van der Waals surface area contributed by atoms with E-state index in [1.807, 2.05) is 12.1 Å². The van der Waals surface area contributed by atoms with Crippen molar-refractivity contribution in [2.45, 2.75) is 45.3 Å². The first kappa shape index (κ1) is 20.1. The maximum Gasteiger partial charge on any atom is 0.387 e. The normalized spacial score (nSPS) is 16.9. The molecule has 0 bridgehead atoms. The Labute approximate surface area is 143 Å². The maximum atomic E-state index is 12.2. The highest BCUT2D eigenvalue weighted by atomic mass is 35.5. The van der Waals surface area contributed by atoms with Crippen LogP contribution in [0.1, 0.15) is 44.2 Å². The summed E-state index contributed by atoms with van der Waals surface area (Å²) in [6.07, 6.45) is 4.74. The molecular weight excluding hydrogens is 322 g/mol. The van der Waals surface area contributed by atoms with Gasteiger partial charge in [0, 0.05) is 32.2 Å². The van der Waals surface area contributed by atoms with E-state index < -0.39 is 6.61 Å². The molecule has 0 radical (unpaired) electrons. The molecule has 23 heavy (non-hydrogen) atoms. The molecular formula is C17H27ClF2N2O. The van der Waals surface area contributed by atoms with E-state index in [0.717, 1.165) is 32.6 Å². The number of benzene rings is 1. The molecule has 132 valence electrons. The van der Waals surface area contributed by atoms with Crippen molar-refractivity contribution >= 4 is 12.4 Å². The zero-order valence-corrected chi connectivity index (χ0v) is 14.5. The van der Waals surface area contributed by atoms with Crippen LogP contribution in [-0.4, -0.2) is 37.7 Å². The van der Waals surface area contributed by atoms with Crippen LogP contribution < -0.4 is 10.1 Å². The van der Waals surface area contributed by atoms with E-state index in [1.165, 1.54) is 24.8 Å². The van der Waals surface area contributed by atoms with Crippen molar-refractivity contribution in [2.75, 3.05) is 26.2 Å². The molecule has 0 spiro atoms. The van der Waals surface area contributed by atoms with Crippen LogP contribution in [0, 0.1) is 0 Å². The van der Waals surface area contributed by atoms with Gasteiger partial charge in [-0.25, -0.2) is 0 Å². The van der Waals surface area contributed by atoms with Gasteiger partial charge in [-0.3, -0.25) is 4.90 Å². The van der Waals surface area contributed by atoms with Crippen LogP contribution in [0.25, 0.3) is 0 Å². The van der Waals surface area contributed by atoms with Crippen LogP contribution in [0.4, 0.5) is 8.78 Å². The summed E-state index contributed by atoms with van der Waals surface area (Å²) in [6.45, 7) is 3.53. The van der Waals surface area contributed by atoms with E-state index in [4.69, 9.17) is 0 Å². The first-order valence-electron chi connectivity index (χ1n) is 8.20. The smallest absolute Gasteiger partial charge is 0.387 e. The highest BCUT2D eigenvalue weighted by Gasteiger charge is 2.21. The molecule has 1 atom stereocenters. The van der Waals surface area contributed by atoms with Crippen molar-refractivity contribution in [1.82, 2.24) is 10.2 Å². The van der Waals surface area contributed by atoms with Gasteiger partial charge in [0.05, 0.1) is 0 Å². The summed E-state index contributed by atoms with van der Waals surface area (Å²) in [5.74, 6) is 0.228. The summed E-state index contributed by atoms with van der Waals surface area (Å²) in [7, 11) is 0. The van der Waals surface area contributed by atoms with Crippen LogP contribution in [0.2, 0.25) is 0 Å². The summed E-state index contributed by atoms with van der Waals surface area (Å²) in [4.78, 5) is 2.50. The summed E-state index contributed by atoms with van der Waals surface area (Å²) in [5.41, 5.74) is 1.19. The molecule has 1 N–H and O–H groups in total. The molecule has 0 saturated carbocycles. The fourth-order valence-corrected chi connectivity index (χ4v) is 3.01. The fraction of sp³-hybridized carbons (Fsp3) is 0.647. The molecule has 1 aromatic rings. The number of nitrogens with zero attached hydrogens (tertiary/aromatic N) is 1. The Kier molecular flexibility index (Phi) is 9.44. The number of unbranched alkanes of at least 4 members (excludes halogenated alkanes) is 2. The number of nitrogens with one attached hydrogen (secondary N) is 1. The minimum atomic E-state index is -2.76. The topological polar surface area (TPSA) is 24.5 Å². The monoisotopic (exact) mass is 348 g/mol. The van der Waals surface area contributed by atoms with Crippen molar-refractivity contribution in [3.05, 3.63) is 29.8 Å². The number of hydrogen-bond donors (Lipinski definition) is 1. The second-order valence-electron chi connectivity index (χ2n) is 5.75. The molecule has 1 aromatic carbocycles. The molecule has 1 saturated heterocycles. The lowest BCUT2D eigenvalue weighted by molar-refractivity contribution is -0.0498. The second-order valence-corrected chi connectivity index (χ2v) is 5.75. The lowest BCUT2D eigenvalue weighted by atomic mass is 9.98. The zero-order chi connectivity index (χ0) is 15.8. The van der Waals surface area contributed by atoms with Gasteiger partial charge in [0.15, 0.2) is 0 Å². The van der Waals surface area contributed by atoms with Crippen LogP contribution >= 0.6 is 12.4 Å². The highest BCUT2D eigenvalue weighted by Crippen LogP contribution is 2.28. The third-order valence-electron chi connectivity index (χ3n) is 4.16. The maximum absolute atomic E-state index is 12.2. The van der Waals surface area contributed by atoms with Crippen LogP contribution in [0.3, 0.4) is 0 Å². The van der Waals surface area contributed by atoms with Crippen molar-refractivity contribution in [1.29, 1.82) is 0 Å². The number of hydrogen-bond acceptors (Lipinski definition) is 3. The number of piperazine rings is 1. The van der Waals surface area contributed by atoms with E-state index in [0.29, 0.717) is 6.04 Å². The van der Waals surface area contributed by atoms with Crippen molar-refractivity contribution < 1.29 is 13.5 Å². The largest absolute Gasteiger partial charge is 0.435 e. The molecule has 3 nitrogen and oxygen atoms in total. The minimum Gasteiger partial charge on any atom is -0.435 e. The quantitative estimate of drug-likeness (QED) is 0.711. The Morgan fingerprint density at radius 2 is 1.78 bits per heavy atom. The second kappa shape index (κ2) is 10.8. The van der Waals surface area contributed by atoms with Gasteiger partial charge in [0.25, 0.3) is 0 Å².